The Morgan fingerprint density at radius 1 is 0.406 bits per heavy atom. The predicted molar refractivity (Wildman–Crippen MR) is 111 cm³/mol. The molecule has 3 rings (SSSR count). The summed E-state index contributed by atoms with van der Waals surface area (Å²) in [6.07, 6.45) is -2.31. The number of ether oxygens (including phenoxy) is 2. The Kier molecular flexibility index (Phi) is 6.92. The zero-order valence-electron chi connectivity index (χ0n) is 16.3. The van der Waals surface area contributed by atoms with Gasteiger partial charge in [0.05, 0.1) is 0 Å². The molecule has 8 heteroatoms. The SMILES string of the molecule is FC(F)(F)Oc1ccc(C=Cc2ccc(C=Cc3ccc(OC(F)(F)F)cc3)cc2)cc1. The Labute approximate surface area is 180 Å². The van der Waals surface area contributed by atoms with Crippen LogP contribution in [0.1, 0.15) is 22.3 Å². The van der Waals surface area contributed by atoms with E-state index in [-0.39, 0.29) is 11.5 Å². The Balaban J connectivity index is 1.58. The number of alkyl halides is 6. The Bertz CT molecular complexity index is 973. The highest BCUT2D eigenvalue weighted by Crippen LogP contribution is 2.24. The van der Waals surface area contributed by atoms with Gasteiger partial charge in [-0.05, 0) is 46.5 Å². The van der Waals surface area contributed by atoms with Gasteiger partial charge in [0, 0.05) is 0 Å². The average molecular weight is 450 g/mol. The summed E-state index contributed by atoms with van der Waals surface area (Å²) in [6.45, 7) is 0. The predicted octanol–water partition coefficient (Wildman–Crippen LogP) is 7.82. The highest BCUT2D eigenvalue weighted by Gasteiger charge is 2.31. The van der Waals surface area contributed by atoms with Crippen molar-refractivity contribution in [2.24, 2.45) is 0 Å². The summed E-state index contributed by atoms with van der Waals surface area (Å²) in [6, 6.07) is 18.4. The van der Waals surface area contributed by atoms with E-state index >= 15 is 0 Å². The molecule has 0 N–H and O–H groups in total. The lowest BCUT2D eigenvalue weighted by molar-refractivity contribution is -0.275. The van der Waals surface area contributed by atoms with Gasteiger partial charge in [0.15, 0.2) is 0 Å². The van der Waals surface area contributed by atoms with E-state index in [1.54, 1.807) is 12.2 Å². The van der Waals surface area contributed by atoms with Crippen LogP contribution in [-0.2, 0) is 0 Å². The number of benzene rings is 3. The van der Waals surface area contributed by atoms with Crippen LogP contribution >= 0.6 is 0 Å². The van der Waals surface area contributed by atoms with E-state index in [0.717, 1.165) is 11.1 Å². The fraction of sp³-hybridized carbons (Fsp3) is 0.0833. The van der Waals surface area contributed by atoms with Crippen molar-refractivity contribution in [3.8, 4) is 11.5 Å². The maximum atomic E-state index is 12.2. The Morgan fingerprint density at radius 3 is 0.844 bits per heavy atom. The maximum Gasteiger partial charge on any atom is 0.573 e. The van der Waals surface area contributed by atoms with Gasteiger partial charge in [0.1, 0.15) is 11.5 Å². The fourth-order valence-corrected chi connectivity index (χ4v) is 2.66. The van der Waals surface area contributed by atoms with Gasteiger partial charge in [-0.15, -0.1) is 26.3 Å². The summed E-state index contributed by atoms with van der Waals surface area (Å²) >= 11 is 0. The second-order valence-corrected chi connectivity index (χ2v) is 6.57. The van der Waals surface area contributed by atoms with Crippen molar-refractivity contribution in [1.29, 1.82) is 0 Å². The maximum absolute atomic E-state index is 12.2. The molecule has 3 aromatic carbocycles. The molecule has 0 atom stereocenters. The van der Waals surface area contributed by atoms with Crippen LogP contribution in [0.4, 0.5) is 26.3 Å². The van der Waals surface area contributed by atoms with E-state index in [2.05, 4.69) is 9.47 Å². The molecular formula is C24H16F6O2. The lowest BCUT2D eigenvalue weighted by Crippen LogP contribution is -2.16. The largest absolute Gasteiger partial charge is 0.573 e. The van der Waals surface area contributed by atoms with E-state index in [1.165, 1.54) is 48.5 Å². The van der Waals surface area contributed by atoms with E-state index in [0.29, 0.717) is 11.1 Å². The van der Waals surface area contributed by atoms with Crippen LogP contribution in [0.3, 0.4) is 0 Å². The van der Waals surface area contributed by atoms with Crippen molar-refractivity contribution >= 4 is 24.3 Å². The molecule has 2 nitrogen and oxygen atoms in total. The van der Waals surface area contributed by atoms with Crippen molar-refractivity contribution in [3.05, 3.63) is 95.1 Å². The van der Waals surface area contributed by atoms with Crippen molar-refractivity contribution in [3.63, 3.8) is 0 Å². The first-order valence-corrected chi connectivity index (χ1v) is 9.24. The minimum atomic E-state index is -4.72. The van der Waals surface area contributed by atoms with Crippen molar-refractivity contribution < 1.29 is 35.8 Å². The second kappa shape index (κ2) is 9.64. The lowest BCUT2D eigenvalue weighted by atomic mass is 10.1. The van der Waals surface area contributed by atoms with Gasteiger partial charge in [-0.1, -0.05) is 72.8 Å². The van der Waals surface area contributed by atoms with Crippen molar-refractivity contribution in [2.75, 3.05) is 0 Å². The average Bonchev–Trinajstić information content (AvgIpc) is 2.71. The third-order valence-corrected chi connectivity index (χ3v) is 4.10. The minimum absolute atomic E-state index is 0.284. The van der Waals surface area contributed by atoms with Crippen LogP contribution in [0.15, 0.2) is 72.8 Å². The van der Waals surface area contributed by atoms with Gasteiger partial charge in [0.2, 0.25) is 0 Å². The summed E-state index contributed by atoms with van der Waals surface area (Å²) in [5, 5.41) is 0. The van der Waals surface area contributed by atoms with Gasteiger partial charge in [-0.25, -0.2) is 0 Å². The molecule has 0 unspecified atom stereocenters. The number of hydrogen-bond donors (Lipinski definition) is 0. The van der Waals surface area contributed by atoms with Crippen LogP contribution in [0.25, 0.3) is 24.3 Å². The van der Waals surface area contributed by atoms with Crippen molar-refractivity contribution in [1.82, 2.24) is 0 Å². The van der Waals surface area contributed by atoms with Crippen molar-refractivity contribution in [2.45, 2.75) is 12.7 Å². The molecular weight excluding hydrogens is 434 g/mol. The molecule has 0 aliphatic heterocycles. The third-order valence-electron chi connectivity index (χ3n) is 4.10. The molecule has 166 valence electrons. The molecule has 0 aliphatic carbocycles. The van der Waals surface area contributed by atoms with Crippen LogP contribution in [0.2, 0.25) is 0 Å². The molecule has 0 radical (unpaired) electrons. The Morgan fingerprint density at radius 2 is 0.625 bits per heavy atom. The fourth-order valence-electron chi connectivity index (χ4n) is 2.66. The highest BCUT2D eigenvalue weighted by atomic mass is 19.4. The van der Waals surface area contributed by atoms with Crippen LogP contribution in [-0.4, -0.2) is 12.7 Å². The van der Waals surface area contributed by atoms with Gasteiger partial charge < -0.3 is 9.47 Å². The van der Waals surface area contributed by atoms with Crippen LogP contribution in [0, 0.1) is 0 Å². The smallest absolute Gasteiger partial charge is 0.406 e. The van der Waals surface area contributed by atoms with E-state index in [1.807, 2.05) is 36.4 Å². The quantitative estimate of drug-likeness (QED) is 0.282. The third kappa shape index (κ3) is 7.86. The molecule has 0 saturated carbocycles. The van der Waals surface area contributed by atoms with Gasteiger partial charge in [0.25, 0.3) is 0 Å². The monoisotopic (exact) mass is 450 g/mol. The molecule has 0 amide bonds. The summed E-state index contributed by atoms with van der Waals surface area (Å²) in [5.41, 5.74) is 3.18. The zero-order valence-corrected chi connectivity index (χ0v) is 16.3. The molecule has 0 fully saturated rings. The summed E-state index contributed by atoms with van der Waals surface area (Å²) in [7, 11) is 0. The number of hydrogen-bond acceptors (Lipinski definition) is 2. The van der Waals surface area contributed by atoms with E-state index in [4.69, 9.17) is 0 Å². The summed E-state index contributed by atoms with van der Waals surface area (Å²) in [5.74, 6) is -0.568. The van der Waals surface area contributed by atoms with E-state index in [9.17, 15) is 26.3 Å². The van der Waals surface area contributed by atoms with Gasteiger partial charge >= 0.3 is 12.7 Å². The molecule has 0 heterocycles. The molecule has 3 aromatic rings. The standard InChI is InChI=1S/C24H16F6O2/c25-23(26,27)31-21-13-9-19(10-14-21)7-5-17-1-2-18(4-3-17)6-8-20-11-15-22(16-12-20)32-24(28,29)30/h1-16H. The molecule has 0 aliphatic rings. The molecule has 32 heavy (non-hydrogen) atoms. The Hall–Kier alpha value is -3.68. The topological polar surface area (TPSA) is 18.5 Å². The minimum Gasteiger partial charge on any atom is -0.406 e. The lowest BCUT2D eigenvalue weighted by Gasteiger charge is -2.08. The number of rotatable bonds is 6. The van der Waals surface area contributed by atoms with E-state index < -0.39 is 12.7 Å². The summed E-state index contributed by atoms with van der Waals surface area (Å²) < 4.78 is 80.8. The highest BCUT2D eigenvalue weighted by molar-refractivity contribution is 5.73. The van der Waals surface area contributed by atoms with Gasteiger partial charge in [-0.3, -0.25) is 0 Å². The van der Waals surface area contributed by atoms with Crippen LogP contribution in [0.5, 0.6) is 11.5 Å². The summed E-state index contributed by atoms with van der Waals surface area (Å²) in [4.78, 5) is 0. The molecule has 0 saturated heterocycles. The second-order valence-electron chi connectivity index (χ2n) is 6.57. The normalized spacial score (nSPS) is 12.4. The first kappa shape index (κ1) is 23.0. The molecule has 0 bridgehead atoms. The molecule has 0 spiro atoms. The first-order valence-electron chi connectivity index (χ1n) is 9.24. The molecule has 0 aromatic heterocycles. The van der Waals surface area contributed by atoms with Gasteiger partial charge in [-0.2, -0.15) is 0 Å². The number of halogens is 6. The first-order chi connectivity index (χ1) is 15.1. The van der Waals surface area contributed by atoms with Crippen LogP contribution < -0.4 is 9.47 Å². The zero-order chi connectivity index (χ0) is 23.2.